The lowest BCUT2D eigenvalue weighted by molar-refractivity contribution is -0.132. The van der Waals surface area contributed by atoms with Crippen LogP contribution in [0.3, 0.4) is 0 Å². The summed E-state index contributed by atoms with van der Waals surface area (Å²) in [4.78, 5) is 27.5. The lowest BCUT2D eigenvalue weighted by Crippen LogP contribution is -2.29. The highest BCUT2D eigenvalue weighted by Crippen LogP contribution is 2.43. The highest BCUT2D eigenvalue weighted by Gasteiger charge is 2.48. The molecule has 7 nitrogen and oxygen atoms in total. The standard InChI is InChI=1S/C25H22ClNO6/c1-14(2)33-17-9-7-16(8-10-17)27-22(20-5-4-12-32-20)21(24(29)25(27)30)23(28)15-6-11-19(31-3)18(26)13-15/h4-14,22,28H,1-3H3/b23-21-. The third-order valence-electron chi connectivity index (χ3n) is 5.17. The molecule has 2 heterocycles. The first kappa shape index (κ1) is 22.5. The largest absolute Gasteiger partial charge is 0.507 e. The predicted octanol–water partition coefficient (Wildman–Crippen LogP) is 5.36. The number of aliphatic hydroxyl groups excluding tert-OH is 1. The van der Waals surface area contributed by atoms with Gasteiger partial charge in [-0.2, -0.15) is 0 Å². The third-order valence-corrected chi connectivity index (χ3v) is 5.46. The molecule has 1 aliphatic heterocycles. The fraction of sp³-hybridized carbons (Fsp3) is 0.200. The van der Waals surface area contributed by atoms with Crippen LogP contribution in [0.5, 0.6) is 11.5 Å². The maximum atomic E-state index is 13.1. The summed E-state index contributed by atoms with van der Waals surface area (Å²) in [5.74, 6) is -0.592. The monoisotopic (exact) mass is 467 g/mol. The zero-order chi connectivity index (χ0) is 23.7. The van der Waals surface area contributed by atoms with Crippen molar-refractivity contribution >= 4 is 34.7 Å². The molecule has 1 aliphatic rings. The van der Waals surface area contributed by atoms with E-state index in [0.29, 0.717) is 22.9 Å². The van der Waals surface area contributed by atoms with Crippen LogP contribution < -0.4 is 14.4 Å². The number of rotatable bonds is 6. The van der Waals surface area contributed by atoms with Crippen LogP contribution in [0.2, 0.25) is 5.02 Å². The average Bonchev–Trinajstić information content (AvgIpc) is 3.40. The minimum absolute atomic E-state index is 0.00971. The van der Waals surface area contributed by atoms with Crippen LogP contribution in [0.1, 0.15) is 31.2 Å². The molecule has 0 saturated carbocycles. The van der Waals surface area contributed by atoms with Crippen molar-refractivity contribution in [2.24, 2.45) is 0 Å². The number of Topliss-reactive ketones (excluding diaryl/α,β-unsaturated/α-hetero) is 1. The SMILES string of the molecule is COc1ccc(/C(O)=C2/C(=O)C(=O)N(c3ccc(OC(C)C)cc3)C2c2ccco2)cc1Cl. The predicted molar refractivity (Wildman–Crippen MR) is 124 cm³/mol. The number of carbonyl (C=O) groups is 2. The molecular formula is C25H22ClNO6. The number of benzene rings is 2. The van der Waals surface area contributed by atoms with E-state index in [1.165, 1.54) is 24.3 Å². The number of halogens is 1. The third kappa shape index (κ3) is 4.19. The number of ketones is 1. The van der Waals surface area contributed by atoms with Gasteiger partial charge in [0.15, 0.2) is 0 Å². The van der Waals surface area contributed by atoms with Gasteiger partial charge in [0.05, 0.1) is 30.1 Å². The van der Waals surface area contributed by atoms with Gasteiger partial charge in [-0.15, -0.1) is 0 Å². The van der Waals surface area contributed by atoms with Gasteiger partial charge in [-0.1, -0.05) is 11.6 Å². The molecule has 4 rings (SSSR count). The molecule has 0 radical (unpaired) electrons. The van der Waals surface area contributed by atoms with Gasteiger partial charge in [0.25, 0.3) is 11.7 Å². The topological polar surface area (TPSA) is 89.2 Å². The molecule has 1 atom stereocenters. The molecule has 1 saturated heterocycles. The number of methoxy groups -OCH3 is 1. The molecule has 0 spiro atoms. The number of anilines is 1. The fourth-order valence-electron chi connectivity index (χ4n) is 3.74. The van der Waals surface area contributed by atoms with Crippen molar-refractivity contribution in [2.45, 2.75) is 26.0 Å². The summed E-state index contributed by atoms with van der Waals surface area (Å²) in [5.41, 5.74) is 0.635. The molecule has 1 unspecified atom stereocenters. The summed E-state index contributed by atoms with van der Waals surface area (Å²) >= 11 is 6.21. The molecular weight excluding hydrogens is 446 g/mol. The summed E-state index contributed by atoms with van der Waals surface area (Å²) in [6, 6.07) is 13.7. The Morgan fingerprint density at radius 2 is 1.85 bits per heavy atom. The fourth-order valence-corrected chi connectivity index (χ4v) is 4.00. The number of carbonyl (C=O) groups excluding carboxylic acids is 2. The van der Waals surface area contributed by atoms with Crippen LogP contribution in [0.15, 0.2) is 70.9 Å². The Bertz CT molecular complexity index is 1210. The van der Waals surface area contributed by atoms with Crippen LogP contribution in [0.4, 0.5) is 5.69 Å². The second kappa shape index (κ2) is 9.03. The van der Waals surface area contributed by atoms with Gasteiger partial charge >= 0.3 is 0 Å². The van der Waals surface area contributed by atoms with Gasteiger partial charge in [0.1, 0.15) is 29.1 Å². The number of ether oxygens (including phenoxy) is 2. The van der Waals surface area contributed by atoms with Gasteiger partial charge in [-0.25, -0.2) is 0 Å². The average molecular weight is 468 g/mol. The van der Waals surface area contributed by atoms with Gasteiger partial charge in [-0.05, 0) is 68.4 Å². The minimum Gasteiger partial charge on any atom is -0.507 e. The molecule has 1 fully saturated rings. The van der Waals surface area contributed by atoms with Crippen molar-refractivity contribution in [2.75, 3.05) is 12.0 Å². The Labute approximate surface area is 195 Å². The summed E-state index contributed by atoms with van der Waals surface area (Å²) < 4.78 is 16.4. The molecule has 1 N–H and O–H groups in total. The van der Waals surface area contributed by atoms with E-state index >= 15 is 0 Å². The van der Waals surface area contributed by atoms with E-state index in [4.69, 9.17) is 25.5 Å². The van der Waals surface area contributed by atoms with Gasteiger partial charge in [0.2, 0.25) is 0 Å². The summed E-state index contributed by atoms with van der Waals surface area (Å²) in [7, 11) is 1.47. The second-order valence-electron chi connectivity index (χ2n) is 7.69. The van der Waals surface area contributed by atoms with Gasteiger partial charge < -0.3 is 19.0 Å². The summed E-state index contributed by atoms with van der Waals surface area (Å²) in [6.45, 7) is 3.82. The smallest absolute Gasteiger partial charge is 0.300 e. The summed E-state index contributed by atoms with van der Waals surface area (Å²) in [5, 5.41) is 11.3. The van der Waals surface area contributed by atoms with Crippen molar-refractivity contribution in [3.63, 3.8) is 0 Å². The van der Waals surface area contributed by atoms with Crippen LogP contribution in [0.25, 0.3) is 5.76 Å². The lowest BCUT2D eigenvalue weighted by atomic mass is 9.99. The number of amides is 1. The van der Waals surface area contributed by atoms with E-state index in [0.717, 1.165) is 0 Å². The number of furan rings is 1. The molecule has 2 aromatic carbocycles. The highest BCUT2D eigenvalue weighted by molar-refractivity contribution is 6.51. The van der Waals surface area contributed by atoms with Crippen molar-refractivity contribution in [1.29, 1.82) is 0 Å². The second-order valence-corrected chi connectivity index (χ2v) is 8.10. The molecule has 33 heavy (non-hydrogen) atoms. The Morgan fingerprint density at radius 3 is 2.42 bits per heavy atom. The lowest BCUT2D eigenvalue weighted by Gasteiger charge is -2.23. The van der Waals surface area contributed by atoms with E-state index in [1.54, 1.807) is 48.5 Å². The zero-order valence-electron chi connectivity index (χ0n) is 18.2. The molecule has 1 aromatic heterocycles. The zero-order valence-corrected chi connectivity index (χ0v) is 19.0. The number of hydrogen-bond donors (Lipinski definition) is 1. The van der Waals surface area contributed by atoms with E-state index in [2.05, 4.69) is 0 Å². The number of aliphatic hydroxyl groups is 1. The Hall–Kier alpha value is -3.71. The van der Waals surface area contributed by atoms with Gasteiger partial charge in [-0.3, -0.25) is 14.5 Å². The highest BCUT2D eigenvalue weighted by atomic mass is 35.5. The molecule has 1 amide bonds. The Kier molecular flexibility index (Phi) is 6.16. The first-order valence-electron chi connectivity index (χ1n) is 10.3. The van der Waals surface area contributed by atoms with Crippen LogP contribution >= 0.6 is 11.6 Å². The first-order valence-corrected chi connectivity index (χ1v) is 10.6. The molecule has 3 aromatic rings. The van der Waals surface area contributed by atoms with Gasteiger partial charge in [0, 0.05) is 11.3 Å². The Balaban J connectivity index is 1.83. The van der Waals surface area contributed by atoms with Crippen LogP contribution in [-0.4, -0.2) is 30.0 Å². The van der Waals surface area contributed by atoms with Crippen molar-refractivity contribution in [3.8, 4) is 11.5 Å². The van der Waals surface area contributed by atoms with E-state index in [9.17, 15) is 14.7 Å². The summed E-state index contributed by atoms with van der Waals surface area (Å²) in [6.07, 6.45) is 1.43. The minimum atomic E-state index is -0.960. The van der Waals surface area contributed by atoms with E-state index in [1.807, 2.05) is 13.8 Å². The molecule has 8 heteroatoms. The Morgan fingerprint density at radius 1 is 1.12 bits per heavy atom. The maximum absolute atomic E-state index is 13.1. The van der Waals surface area contributed by atoms with E-state index < -0.39 is 17.7 Å². The van der Waals surface area contributed by atoms with Crippen LogP contribution in [-0.2, 0) is 9.59 Å². The normalized spacial score (nSPS) is 17.6. The quantitative estimate of drug-likeness (QED) is 0.298. The van der Waals surface area contributed by atoms with Crippen LogP contribution in [0, 0.1) is 0 Å². The van der Waals surface area contributed by atoms with Crippen molar-refractivity contribution in [1.82, 2.24) is 0 Å². The van der Waals surface area contributed by atoms with Crippen molar-refractivity contribution in [3.05, 3.63) is 82.8 Å². The molecule has 0 bridgehead atoms. The maximum Gasteiger partial charge on any atom is 0.300 e. The molecule has 0 aliphatic carbocycles. The number of hydrogen-bond acceptors (Lipinski definition) is 6. The molecule has 170 valence electrons. The first-order chi connectivity index (χ1) is 15.8. The van der Waals surface area contributed by atoms with Crippen molar-refractivity contribution < 1.29 is 28.6 Å². The van der Waals surface area contributed by atoms with E-state index in [-0.39, 0.29) is 28.0 Å². The number of nitrogens with zero attached hydrogens (tertiary/aromatic N) is 1.